The molecule has 0 unspecified atom stereocenters. The fourth-order valence-electron chi connectivity index (χ4n) is 9.16. The van der Waals surface area contributed by atoms with Gasteiger partial charge in [0.2, 0.25) is 0 Å². The second kappa shape index (κ2) is 15.5. The molecule has 296 valence electrons. The fraction of sp³-hybridized carbons (Fsp3) is 0. The van der Waals surface area contributed by atoms with Gasteiger partial charge < -0.3 is 9.32 Å². The zero-order chi connectivity index (χ0) is 41.7. The third kappa shape index (κ3) is 6.67. The maximum absolute atomic E-state index is 6.77. The van der Waals surface area contributed by atoms with Gasteiger partial charge in [0.05, 0.1) is 5.69 Å². The van der Waals surface area contributed by atoms with Crippen molar-refractivity contribution in [2.24, 2.45) is 0 Å². The van der Waals surface area contributed by atoms with E-state index in [4.69, 9.17) is 4.42 Å². The minimum atomic E-state index is 0.852. The van der Waals surface area contributed by atoms with E-state index < -0.39 is 0 Å². The molecule has 0 fully saturated rings. The monoisotopic (exact) mass is 821 g/mol. The number of thiophene rings is 1. The van der Waals surface area contributed by atoms with E-state index in [-0.39, 0.29) is 0 Å². The average Bonchev–Trinajstić information content (AvgIpc) is 3.93. The van der Waals surface area contributed by atoms with E-state index >= 15 is 0 Å². The molecule has 3 heteroatoms. The summed E-state index contributed by atoms with van der Waals surface area (Å²) in [5.41, 5.74) is 16.8. The fourth-order valence-corrected chi connectivity index (χ4v) is 10.5. The number of hydrogen-bond donors (Lipinski definition) is 0. The van der Waals surface area contributed by atoms with Crippen molar-refractivity contribution in [1.82, 2.24) is 0 Å². The summed E-state index contributed by atoms with van der Waals surface area (Å²) in [7, 11) is 0. The molecule has 0 saturated heterocycles. The van der Waals surface area contributed by atoms with E-state index in [9.17, 15) is 0 Å². The van der Waals surface area contributed by atoms with Crippen molar-refractivity contribution < 1.29 is 4.42 Å². The van der Waals surface area contributed by atoms with Crippen molar-refractivity contribution in [1.29, 1.82) is 0 Å². The van der Waals surface area contributed by atoms with Crippen molar-refractivity contribution >= 4 is 70.5 Å². The summed E-state index contributed by atoms with van der Waals surface area (Å²) in [5, 5.41) is 4.67. The van der Waals surface area contributed by atoms with Gasteiger partial charge in [-0.1, -0.05) is 182 Å². The minimum Gasteiger partial charge on any atom is -0.456 e. The van der Waals surface area contributed by atoms with Gasteiger partial charge in [-0.3, -0.25) is 0 Å². The van der Waals surface area contributed by atoms with E-state index in [1.807, 2.05) is 11.3 Å². The molecule has 0 N–H and O–H groups in total. The van der Waals surface area contributed by atoms with Gasteiger partial charge in [-0.2, -0.15) is 0 Å². The standard InChI is InChI=1S/C60H39NOS/c1-5-14-40(15-6-1)43-24-26-44(27-25-43)46-22-13-23-49(36-46)61(50-30-33-53-52-31-28-47(41-16-7-2-8-17-41)37-56(52)62-57(53)39-50)55-35-34-51(45-20-11-4-12-21-45)60-59(55)54-32-29-48(38-58(54)63-60)42-18-9-3-10-19-42/h1-39H. The van der Waals surface area contributed by atoms with Crippen LogP contribution < -0.4 is 4.90 Å². The Labute approximate surface area is 370 Å². The van der Waals surface area contributed by atoms with Crippen molar-refractivity contribution in [3.8, 4) is 55.6 Å². The Bertz CT molecular complexity index is 3590. The lowest BCUT2D eigenvalue weighted by atomic mass is 9.98. The van der Waals surface area contributed by atoms with E-state index in [1.54, 1.807) is 0 Å². The molecule has 12 rings (SSSR count). The third-order valence-corrected chi connectivity index (χ3v) is 13.5. The van der Waals surface area contributed by atoms with Crippen LogP contribution in [0.5, 0.6) is 0 Å². The summed E-state index contributed by atoms with van der Waals surface area (Å²) in [6.45, 7) is 0. The predicted molar refractivity (Wildman–Crippen MR) is 268 cm³/mol. The Balaban J connectivity index is 1.07. The van der Waals surface area contributed by atoms with Gasteiger partial charge in [0, 0.05) is 48.4 Å². The van der Waals surface area contributed by atoms with Crippen molar-refractivity contribution in [3.63, 3.8) is 0 Å². The smallest absolute Gasteiger partial charge is 0.137 e. The highest BCUT2D eigenvalue weighted by atomic mass is 32.1. The Morgan fingerprint density at radius 3 is 1.43 bits per heavy atom. The molecule has 0 atom stereocenters. The van der Waals surface area contributed by atoms with E-state index in [0.29, 0.717) is 0 Å². The summed E-state index contributed by atoms with van der Waals surface area (Å²) in [6.07, 6.45) is 0. The van der Waals surface area contributed by atoms with Gasteiger partial charge in [0.1, 0.15) is 11.2 Å². The Kier molecular flexibility index (Phi) is 9.06. The van der Waals surface area contributed by atoms with Gasteiger partial charge in [0.25, 0.3) is 0 Å². The van der Waals surface area contributed by atoms with Crippen LogP contribution in [0.15, 0.2) is 241 Å². The number of nitrogens with zero attached hydrogens (tertiary/aromatic N) is 1. The quantitative estimate of drug-likeness (QED) is 0.152. The molecule has 0 saturated carbocycles. The van der Waals surface area contributed by atoms with Crippen molar-refractivity contribution in [2.75, 3.05) is 4.90 Å². The number of benzene rings is 10. The summed E-state index contributed by atoms with van der Waals surface area (Å²) in [4.78, 5) is 2.43. The number of hydrogen-bond acceptors (Lipinski definition) is 3. The molecule has 2 heterocycles. The highest BCUT2D eigenvalue weighted by molar-refractivity contribution is 7.26. The third-order valence-electron chi connectivity index (χ3n) is 12.3. The first-order valence-electron chi connectivity index (χ1n) is 21.4. The molecule has 2 aromatic heterocycles. The molecule has 0 bridgehead atoms. The molecule has 10 aromatic carbocycles. The summed E-state index contributed by atoms with van der Waals surface area (Å²) in [6, 6.07) is 85.3. The Morgan fingerprint density at radius 1 is 0.317 bits per heavy atom. The van der Waals surface area contributed by atoms with Gasteiger partial charge in [0.15, 0.2) is 0 Å². The average molecular weight is 822 g/mol. The van der Waals surface area contributed by atoms with Crippen LogP contribution in [0.2, 0.25) is 0 Å². The zero-order valence-corrected chi connectivity index (χ0v) is 35.1. The predicted octanol–water partition coefficient (Wildman–Crippen LogP) is 17.8. The highest BCUT2D eigenvalue weighted by Gasteiger charge is 2.23. The van der Waals surface area contributed by atoms with Crippen LogP contribution in [-0.4, -0.2) is 0 Å². The molecular formula is C60H39NOS. The molecule has 0 radical (unpaired) electrons. The van der Waals surface area contributed by atoms with E-state index in [1.165, 1.54) is 59.1 Å². The first kappa shape index (κ1) is 36.8. The van der Waals surface area contributed by atoms with Gasteiger partial charge in [-0.15, -0.1) is 11.3 Å². The summed E-state index contributed by atoms with van der Waals surface area (Å²) in [5.74, 6) is 0. The molecular weight excluding hydrogens is 783 g/mol. The van der Waals surface area contributed by atoms with E-state index in [0.717, 1.165) is 55.7 Å². The van der Waals surface area contributed by atoms with Gasteiger partial charge in [-0.05, 0) is 104 Å². The van der Waals surface area contributed by atoms with Crippen LogP contribution in [0, 0.1) is 0 Å². The number of fused-ring (bicyclic) bond motifs is 6. The van der Waals surface area contributed by atoms with Gasteiger partial charge in [-0.25, -0.2) is 0 Å². The lowest BCUT2D eigenvalue weighted by Crippen LogP contribution is -2.10. The minimum absolute atomic E-state index is 0.852. The topological polar surface area (TPSA) is 16.4 Å². The largest absolute Gasteiger partial charge is 0.456 e. The lowest BCUT2D eigenvalue weighted by molar-refractivity contribution is 0.669. The molecule has 12 aromatic rings. The second-order valence-corrected chi connectivity index (χ2v) is 17.1. The normalized spacial score (nSPS) is 11.5. The van der Waals surface area contributed by atoms with Crippen molar-refractivity contribution in [2.45, 2.75) is 0 Å². The molecule has 0 aliphatic heterocycles. The van der Waals surface area contributed by atoms with Crippen LogP contribution in [0.1, 0.15) is 0 Å². The van der Waals surface area contributed by atoms with Crippen LogP contribution in [-0.2, 0) is 0 Å². The molecule has 0 spiro atoms. The molecule has 0 aliphatic carbocycles. The molecule has 63 heavy (non-hydrogen) atoms. The Morgan fingerprint density at radius 2 is 0.778 bits per heavy atom. The lowest BCUT2D eigenvalue weighted by Gasteiger charge is -2.27. The van der Waals surface area contributed by atoms with Crippen LogP contribution in [0.25, 0.3) is 97.7 Å². The summed E-state index contributed by atoms with van der Waals surface area (Å²) >= 11 is 1.87. The van der Waals surface area contributed by atoms with Crippen LogP contribution >= 0.6 is 11.3 Å². The highest BCUT2D eigenvalue weighted by Crippen LogP contribution is 2.50. The first-order chi connectivity index (χ1) is 31.2. The molecule has 0 aliphatic rings. The van der Waals surface area contributed by atoms with Crippen LogP contribution in [0.3, 0.4) is 0 Å². The number of rotatable bonds is 8. The number of anilines is 3. The van der Waals surface area contributed by atoms with Crippen molar-refractivity contribution in [3.05, 3.63) is 237 Å². The maximum Gasteiger partial charge on any atom is 0.137 e. The van der Waals surface area contributed by atoms with Crippen LogP contribution in [0.4, 0.5) is 17.1 Å². The summed E-state index contributed by atoms with van der Waals surface area (Å²) < 4.78 is 9.28. The second-order valence-electron chi connectivity index (χ2n) is 16.1. The Hall–Kier alpha value is -7.98. The zero-order valence-electron chi connectivity index (χ0n) is 34.3. The van der Waals surface area contributed by atoms with Gasteiger partial charge >= 0.3 is 0 Å². The number of furan rings is 1. The van der Waals surface area contributed by atoms with E-state index in [2.05, 4.69) is 241 Å². The molecule has 2 nitrogen and oxygen atoms in total. The molecule has 0 amide bonds. The maximum atomic E-state index is 6.77. The first-order valence-corrected chi connectivity index (χ1v) is 22.2. The SMILES string of the molecule is c1ccc(-c2ccc(-c3cccc(N(c4ccc5c(c4)oc4cc(-c6ccccc6)ccc45)c4ccc(-c5ccccc5)c5sc6cc(-c7ccccc7)ccc6c45)c3)cc2)cc1.